The minimum atomic E-state index is -0.199. The summed E-state index contributed by atoms with van der Waals surface area (Å²) in [6, 6.07) is 2.02. The summed E-state index contributed by atoms with van der Waals surface area (Å²) in [5, 5.41) is 14.5. The Kier molecular flexibility index (Phi) is 2.85. The van der Waals surface area contributed by atoms with Crippen LogP contribution in [0, 0.1) is 16.7 Å². The van der Waals surface area contributed by atoms with Crippen LogP contribution in [0.3, 0.4) is 0 Å². The van der Waals surface area contributed by atoms with Gasteiger partial charge in [0.1, 0.15) is 0 Å². The lowest BCUT2D eigenvalue weighted by molar-refractivity contribution is 0.120. The molecule has 1 aromatic rings. The van der Waals surface area contributed by atoms with E-state index in [1.807, 2.05) is 24.0 Å². The summed E-state index contributed by atoms with van der Waals surface area (Å²) in [5.74, 6) is 0.420. The minimum absolute atomic E-state index is 0.199. The van der Waals surface area contributed by atoms with E-state index in [0.29, 0.717) is 5.92 Å². The van der Waals surface area contributed by atoms with Gasteiger partial charge >= 0.3 is 0 Å². The predicted molar refractivity (Wildman–Crippen MR) is 68.6 cm³/mol. The van der Waals surface area contributed by atoms with Gasteiger partial charge in [-0.15, -0.1) is 0 Å². The first kappa shape index (κ1) is 12.6. The summed E-state index contributed by atoms with van der Waals surface area (Å²) in [5.41, 5.74) is 1.72. The zero-order valence-electron chi connectivity index (χ0n) is 11.6. The first-order valence-corrected chi connectivity index (χ1v) is 6.43. The number of nitrogens with zero attached hydrogens (tertiary/aromatic N) is 2. The average molecular weight is 236 g/mol. The van der Waals surface area contributed by atoms with Crippen molar-refractivity contribution in [3.63, 3.8) is 0 Å². The Balaban J connectivity index is 1.92. The van der Waals surface area contributed by atoms with Crippen LogP contribution in [0.2, 0.25) is 0 Å². The Bertz CT molecular complexity index is 392. The highest BCUT2D eigenvalue weighted by molar-refractivity contribution is 5.15. The molecular weight excluding hydrogens is 212 g/mol. The molecule has 0 bridgehead atoms. The largest absolute Gasteiger partial charge is 0.393 e. The maximum atomic E-state index is 10.3. The van der Waals surface area contributed by atoms with Gasteiger partial charge in [0.25, 0.3) is 0 Å². The van der Waals surface area contributed by atoms with Gasteiger partial charge in [-0.05, 0) is 35.7 Å². The molecule has 17 heavy (non-hydrogen) atoms. The van der Waals surface area contributed by atoms with Gasteiger partial charge in [0.2, 0.25) is 0 Å². The van der Waals surface area contributed by atoms with Crippen molar-refractivity contribution in [3.05, 3.63) is 18.0 Å². The van der Waals surface area contributed by atoms with E-state index in [0.717, 1.165) is 12.8 Å². The fourth-order valence-corrected chi connectivity index (χ4v) is 3.32. The molecule has 2 rings (SSSR count). The van der Waals surface area contributed by atoms with Crippen LogP contribution in [0.15, 0.2) is 12.3 Å². The first-order chi connectivity index (χ1) is 7.78. The second kappa shape index (κ2) is 3.84. The molecule has 1 heterocycles. The van der Waals surface area contributed by atoms with Crippen molar-refractivity contribution in [2.24, 2.45) is 23.8 Å². The Morgan fingerprint density at radius 2 is 1.94 bits per heavy atom. The van der Waals surface area contributed by atoms with Crippen molar-refractivity contribution >= 4 is 0 Å². The number of hydrogen-bond acceptors (Lipinski definition) is 2. The lowest BCUT2D eigenvalue weighted by Gasteiger charge is -2.12. The van der Waals surface area contributed by atoms with Gasteiger partial charge in [-0.3, -0.25) is 4.68 Å². The maximum Gasteiger partial charge on any atom is 0.0582 e. The molecule has 0 amide bonds. The standard InChI is InChI=1S/C14H24N2O/c1-13(2)12(14(13,3)4)11(17)7-6-10-8-9-15-16(10)5/h8-9,11-12,17H,6-7H2,1-5H3. The Morgan fingerprint density at radius 3 is 2.35 bits per heavy atom. The van der Waals surface area contributed by atoms with Crippen molar-refractivity contribution in [2.75, 3.05) is 0 Å². The molecular formula is C14H24N2O. The molecule has 1 N–H and O–H groups in total. The molecule has 0 spiro atoms. The van der Waals surface area contributed by atoms with Crippen LogP contribution in [0.25, 0.3) is 0 Å². The van der Waals surface area contributed by atoms with Crippen LogP contribution < -0.4 is 0 Å². The summed E-state index contributed by atoms with van der Waals surface area (Å²) >= 11 is 0. The van der Waals surface area contributed by atoms with Crippen LogP contribution in [0.4, 0.5) is 0 Å². The Morgan fingerprint density at radius 1 is 1.35 bits per heavy atom. The third-order valence-electron chi connectivity index (χ3n) is 5.14. The molecule has 1 fully saturated rings. The Labute approximate surface area is 104 Å². The number of aliphatic hydroxyl groups is 1. The van der Waals surface area contributed by atoms with Crippen molar-refractivity contribution in [3.8, 4) is 0 Å². The molecule has 1 aliphatic carbocycles. The van der Waals surface area contributed by atoms with E-state index in [1.165, 1.54) is 5.69 Å². The zero-order valence-corrected chi connectivity index (χ0v) is 11.6. The average Bonchev–Trinajstić information content (AvgIpc) is 2.53. The predicted octanol–water partition coefficient (Wildman–Crippen LogP) is 2.40. The second-order valence-corrected chi connectivity index (χ2v) is 6.47. The SMILES string of the molecule is Cn1nccc1CCC(O)C1C(C)(C)C1(C)C. The lowest BCUT2D eigenvalue weighted by Crippen LogP contribution is -2.16. The normalized spacial score (nSPS) is 23.6. The summed E-state index contributed by atoms with van der Waals surface area (Å²) in [6.45, 7) is 9.02. The highest BCUT2D eigenvalue weighted by Crippen LogP contribution is 2.69. The molecule has 1 aromatic heterocycles. The van der Waals surface area contributed by atoms with E-state index >= 15 is 0 Å². The summed E-state index contributed by atoms with van der Waals surface area (Å²) in [6.07, 6.45) is 3.35. The smallest absolute Gasteiger partial charge is 0.0582 e. The maximum absolute atomic E-state index is 10.3. The molecule has 3 heteroatoms. The number of rotatable bonds is 4. The van der Waals surface area contributed by atoms with Crippen molar-refractivity contribution < 1.29 is 5.11 Å². The van der Waals surface area contributed by atoms with Gasteiger partial charge in [-0.2, -0.15) is 5.10 Å². The molecule has 96 valence electrons. The summed E-state index contributed by atoms with van der Waals surface area (Å²) in [4.78, 5) is 0. The minimum Gasteiger partial charge on any atom is -0.393 e. The number of aryl methyl sites for hydroxylation is 2. The number of aliphatic hydroxyl groups excluding tert-OH is 1. The Hall–Kier alpha value is -0.830. The number of hydrogen-bond donors (Lipinski definition) is 1. The van der Waals surface area contributed by atoms with Crippen LogP contribution >= 0.6 is 0 Å². The molecule has 1 atom stereocenters. The van der Waals surface area contributed by atoms with Gasteiger partial charge < -0.3 is 5.11 Å². The van der Waals surface area contributed by atoms with Crippen LogP contribution in [-0.2, 0) is 13.5 Å². The third kappa shape index (κ3) is 1.90. The van der Waals surface area contributed by atoms with Gasteiger partial charge in [0.15, 0.2) is 0 Å². The number of aromatic nitrogens is 2. The van der Waals surface area contributed by atoms with Gasteiger partial charge in [0, 0.05) is 18.9 Å². The molecule has 0 saturated heterocycles. The summed E-state index contributed by atoms with van der Waals surface area (Å²) < 4.78 is 1.88. The highest BCUT2D eigenvalue weighted by atomic mass is 16.3. The van der Waals surface area contributed by atoms with Crippen molar-refractivity contribution in [1.82, 2.24) is 9.78 Å². The van der Waals surface area contributed by atoms with Crippen LogP contribution in [-0.4, -0.2) is 21.0 Å². The fraction of sp³-hybridized carbons (Fsp3) is 0.786. The van der Waals surface area contributed by atoms with E-state index in [9.17, 15) is 5.11 Å². The molecule has 1 aliphatic rings. The van der Waals surface area contributed by atoms with Gasteiger partial charge in [-0.1, -0.05) is 27.7 Å². The fourth-order valence-electron chi connectivity index (χ4n) is 3.32. The zero-order chi connectivity index (χ0) is 12.8. The molecule has 3 nitrogen and oxygen atoms in total. The van der Waals surface area contributed by atoms with Gasteiger partial charge in [-0.25, -0.2) is 0 Å². The summed E-state index contributed by atoms with van der Waals surface area (Å²) in [7, 11) is 1.95. The van der Waals surface area contributed by atoms with E-state index in [4.69, 9.17) is 0 Å². The van der Waals surface area contributed by atoms with E-state index in [2.05, 4.69) is 32.8 Å². The second-order valence-electron chi connectivity index (χ2n) is 6.47. The highest BCUT2D eigenvalue weighted by Gasteiger charge is 2.66. The van der Waals surface area contributed by atoms with Crippen molar-refractivity contribution in [2.45, 2.75) is 46.6 Å². The monoisotopic (exact) mass is 236 g/mol. The van der Waals surface area contributed by atoms with Crippen molar-refractivity contribution in [1.29, 1.82) is 0 Å². The molecule has 1 saturated carbocycles. The first-order valence-electron chi connectivity index (χ1n) is 6.43. The third-order valence-corrected chi connectivity index (χ3v) is 5.14. The van der Waals surface area contributed by atoms with Crippen LogP contribution in [0.5, 0.6) is 0 Å². The van der Waals surface area contributed by atoms with Crippen LogP contribution in [0.1, 0.15) is 39.8 Å². The van der Waals surface area contributed by atoms with E-state index in [-0.39, 0.29) is 16.9 Å². The van der Waals surface area contributed by atoms with Gasteiger partial charge in [0.05, 0.1) is 6.10 Å². The molecule has 0 aliphatic heterocycles. The van der Waals surface area contributed by atoms with E-state index in [1.54, 1.807) is 0 Å². The molecule has 0 radical (unpaired) electrons. The van der Waals surface area contributed by atoms with E-state index < -0.39 is 0 Å². The quantitative estimate of drug-likeness (QED) is 0.871. The lowest BCUT2D eigenvalue weighted by atomic mass is 10.0. The topological polar surface area (TPSA) is 38.0 Å². The molecule has 1 unspecified atom stereocenters. The molecule has 0 aromatic carbocycles.